The Bertz CT molecular complexity index is 500. The van der Waals surface area contributed by atoms with E-state index in [-0.39, 0.29) is 18.5 Å². The minimum Gasteiger partial charge on any atom is -0.378 e. The van der Waals surface area contributed by atoms with Gasteiger partial charge in [0.25, 0.3) is 0 Å². The van der Waals surface area contributed by atoms with E-state index in [9.17, 15) is 8.42 Å². The predicted molar refractivity (Wildman–Crippen MR) is 77.4 cm³/mol. The van der Waals surface area contributed by atoms with Crippen LogP contribution in [-0.4, -0.2) is 26.9 Å². The quantitative estimate of drug-likeness (QED) is 0.869. The lowest BCUT2D eigenvalue weighted by Crippen LogP contribution is -2.21. The molecule has 0 aliphatic rings. The third kappa shape index (κ3) is 4.96. The summed E-state index contributed by atoms with van der Waals surface area (Å²) >= 11 is 3.37. The Morgan fingerprint density at radius 2 is 2.06 bits per heavy atom. The van der Waals surface area contributed by atoms with Gasteiger partial charge in [-0.25, -0.2) is 8.42 Å². The second-order valence-electron chi connectivity index (χ2n) is 4.28. The summed E-state index contributed by atoms with van der Waals surface area (Å²) in [6.45, 7) is 5.84. The maximum absolute atomic E-state index is 11.8. The van der Waals surface area contributed by atoms with E-state index in [2.05, 4.69) is 20.7 Å². The number of anilines is 1. The summed E-state index contributed by atoms with van der Waals surface area (Å²) in [6.07, 6.45) is 0.0332. The van der Waals surface area contributed by atoms with E-state index < -0.39 is 10.0 Å². The molecule has 0 aromatic heterocycles. The normalized spacial score (nSPS) is 11.8. The first-order valence-electron chi connectivity index (χ1n) is 5.69. The zero-order valence-corrected chi connectivity index (χ0v) is 13.1. The molecule has 1 rings (SSSR count). The van der Waals surface area contributed by atoms with Crippen molar-refractivity contribution in [3.05, 3.63) is 28.2 Å². The van der Waals surface area contributed by atoms with Crippen molar-refractivity contribution < 1.29 is 13.2 Å². The van der Waals surface area contributed by atoms with Gasteiger partial charge in [-0.1, -0.05) is 12.1 Å². The van der Waals surface area contributed by atoms with Gasteiger partial charge in [0.2, 0.25) is 10.0 Å². The molecule has 1 N–H and O–H groups in total. The largest absolute Gasteiger partial charge is 0.378 e. The van der Waals surface area contributed by atoms with Crippen molar-refractivity contribution in [1.82, 2.24) is 0 Å². The Hall–Kier alpha value is -0.590. The summed E-state index contributed by atoms with van der Waals surface area (Å²) in [5.74, 6) is -0.0500. The number of benzene rings is 1. The fourth-order valence-corrected chi connectivity index (χ4v) is 2.76. The number of hydrogen-bond acceptors (Lipinski definition) is 3. The van der Waals surface area contributed by atoms with Crippen molar-refractivity contribution in [2.75, 3.05) is 17.1 Å². The lowest BCUT2D eigenvalue weighted by molar-refractivity contribution is 0.0913. The molecule has 0 bridgehead atoms. The van der Waals surface area contributed by atoms with E-state index in [4.69, 9.17) is 4.74 Å². The van der Waals surface area contributed by atoms with Crippen LogP contribution < -0.4 is 4.72 Å². The van der Waals surface area contributed by atoms with Crippen LogP contribution in [0.5, 0.6) is 0 Å². The van der Waals surface area contributed by atoms with E-state index in [1.165, 1.54) is 0 Å². The van der Waals surface area contributed by atoms with Gasteiger partial charge in [-0.05, 0) is 48.3 Å². The van der Waals surface area contributed by atoms with Crippen molar-refractivity contribution in [1.29, 1.82) is 0 Å². The molecule has 0 atom stereocenters. The molecular formula is C12H18BrNO3S. The fraction of sp³-hybridized carbons (Fsp3) is 0.500. The third-order valence-electron chi connectivity index (χ3n) is 2.26. The number of aryl methyl sites for hydroxylation is 1. The number of ether oxygens (including phenoxy) is 1. The Labute approximate surface area is 117 Å². The van der Waals surface area contributed by atoms with Crippen LogP contribution in [0.3, 0.4) is 0 Å². The van der Waals surface area contributed by atoms with Crippen LogP contribution in [0.1, 0.15) is 19.4 Å². The van der Waals surface area contributed by atoms with Gasteiger partial charge in [-0.2, -0.15) is 0 Å². The molecule has 18 heavy (non-hydrogen) atoms. The molecule has 0 unspecified atom stereocenters. The van der Waals surface area contributed by atoms with E-state index in [1.807, 2.05) is 32.9 Å². The summed E-state index contributed by atoms with van der Waals surface area (Å²) < 4.78 is 32.2. The topological polar surface area (TPSA) is 55.4 Å². The highest BCUT2D eigenvalue weighted by molar-refractivity contribution is 9.10. The van der Waals surface area contributed by atoms with Crippen LogP contribution in [0.25, 0.3) is 0 Å². The summed E-state index contributed by atoms with van der Waals surface area (Å²) in [6, 6.07) is 5.43. The molecule has 1 aromatic carbocycles. The second kappa shape index (κ2) is 6.54. The van der Waals surface area contributed by atoms with Crippen molar-refractivity contribution in [3.8, 4) is 0 Å². The van der Waals surface area contributed by atoms with Gasteiger partial charge in [-0.3, -0.25) is 4.72 Å². The van der Waals surface area contributed by atoms with Gasteiger partial charge in [0, 0.05) is 4.47 Å². The van der Waals surface area contributed by atoms with Crippen LogP contribution in [0.15, 0.2) is 22.7 Å². The molecule has 1 aromatic rings. The summed E-state index contributed by atoms with van der Waals surface area (Å²) in [5, 5.41) is 0. The number of nitrogens with one attached hydrogen (secondary N) is 1. The monoisotopic (exact) mass is 335 g/mol. The maximum atomic E-state index is 11.8. The van der Waals surface area contributed by atoms with Gasteiger partial charge in [0.1, 0.15) is 0 Å². The molecule has 0 saturated carbocycles. The standard InChI is InChI=1S/C12H18BrNO3S/c1-9(2)17-7-8-18(15,16)14-11-6-4-5-10(3)12(11)13/h4-6,9,14H,7-8H2,1-3H3. The minimum atomic E-state index is -3.37. The van der Waals surface area contributed by atoms with Crippen molar-refractivity contribution in [2.24, 2.45) is 0 Å². The number of halogens is 1. The van der Waals surface area contributed by atoms with Gasteiger partial charge < -0.3 is 4.74 Å². The Morgan fingerprint density at radius 3 is 2.67 bits per heavy atom. The summed E-state index contributed by atoms with van der Waals surface area (Å²) in [5.41, 5.74) is 1.54. The van der Waals surface area contributed by atoms with Gasteiger partial charge >= 0.3 is 0 Å². The smallest absolute Gasteiger partial charge is 0.235 e. The first-order valence-corrected chi connectivity index (χ1v) is 8.13. The Kier molecular flexibility index (Phi) is 5.62. The van der Waals surface area contributed by atoms with Gasteiger partial charge in [-0.15, -0.1) is 0 Å². The van der Waals surface area contributed by atoms with Crippen LogP contribution in [0.2, 0.25) is 0 Å². The Balaban J connectivity index is 2.68. The lowest BCUT2D eigenvalue weighted by Gasteiger charge is -2.12. The molecule has 0 heterocycles. The summed E-state index contributed by atoms with van der Waals surface area (Å²) in [7, 11) is -3.37. The van der Waals surface area contributed by atoms with Crippen molar-refractivity contribution >= 4 is 31.6 Å². The maximum Gasteiger partial charge on any atom is 0.235 e. The molecule has 0 spiro atoms. The molecule has 0 radical (unpaired) electrons. The van der Waals surface area contributed by atoms with Gasteiger partial charge in [0.05, 0.1) is 24.2 Å². The highest BCUT2D eigenvalue weighted by Crippen LogP contribution is 2.26. The zero-order valence-electron chi connectivity index (χ0n) is 10.7. The minimum absolute atomic E-state index is 0.0332. The molecule has 6 heteroatoms. The zero-order chi connectivity index (χ0) is 13.8. The molecule has 4 nitrogen and oxygen atoms in total. The molecule has 102 valence electrons. The lowest BCUT2D eigenvalue weighted by atomic mass is 10.2. The van der Waals surface area contributed by atoms with Crippen molar-refractivity contribution in [2.45, 2.75) is 26.9 Å². The van der Waals surface area contributed by atoms with Gasteiger partial charge in [0.15, 0.2) is 0 Å². The van der Waals surface area contributed by atoms with Crippen LogP contribution >= 0.6 is 15.9 Å². The van der Waals surface area contributed by atoms with Crippen LogP contribution in [0.4, 0.5) is 5.69 Å². The molecule has 0 saturated heterocycles. The first kappa shape index (κ1) is 15.5. The second-order valence-corrected chi connectivity index (χ2v) is 6.91. The van der Waals surface area contributed by atoms with Crippen molar-refractivity contribution in [3.63, 3.8) is 0 Å². The highest BCUT2D eigenvalue weighted by atomic mass is 79.9. The number of sulfonamides is 1. The predicted octanol–water partition coefficient (Wildman–Crippen LogP) is 2.92. The average Bonchev–Trinajstić information content (AvgIpc) is 2.23. The molecule has 0 aliphatic carbocycles. The van der Waals surface area contributed by atoms with E-state index in [0.29, 0.717) is 5.69 Å². The SMILES string of the molecule is Cc1cccc(NS(=O)(=O)CCOC(C)C)c1Br. The van der Waals surface area contributed by atoms with Crippen LogP contribution in [-0.2, 0) is 14.8 Å². The van der Waals surface area contributed by atoms with E-state index in [1.54, 1.807) is 6.07 Å². The van der Waals surface area contributed by atoms with E-state index in [0.717, 1.165) is 10.0 Å². The number of rotatable bonds is 6. The first-order chi connectivity index (χ1) is 8.32. The fourth-order valence-electron chi connectivity index (χ4n) is 1.34. The molecule has 0 fully saturated rings. The van der Waals surface area contributed by atoms with E-state index >= 15 is 0 Å². The molecule has 0 aliphatic heterocycles. The molecular weight excluding hydrogens is 318 g/mol. The highest BCUT2D eigenvalue weighted by Gasteiger charge is 2.13. The molecule has 0 amide bonds. The third-order valence-corrected chi connectivity index (χ3v) is 4.55. The van der Waals surface area contributed by atoms with Crippen LogP contribution in [0, 0.1) is 6.92 Å². The summed E-state index contributed by atoms with van der Waals surface area (Å²) in [4.78, 5) is 0. The average molecular weight is 336 g/mol. The number of hydrogen-bond donors (Lipinski definition) is 1. The Morgan fingerprint density at radius 1 is 1.39 bits per heavy atom.